The van der Waals surface area contributed by atoms with Crippen molar-refractivity contribution in [2.75, 3.05) is 0 Å². The Labute approximate surface area is 146 Å². The fraction of sp³-hybridized carbons (Fsp3) is 0.125. The topological polar surface area (TPSA) is 110 Å². The maximum Gasteiger partial charge on any atom is 0.305 e. The Bertz CT molecular complexity index is 843. The van der Waals surface area contributed by atoms with Crippen molar-refractivity contribution in [1.29, 1.82) is 0 Å². The van der Waals surface area contributed by atoms with E-state index in [4.69, 9.17) is 16.7 Å². The standard InChI is InChI=1S/C16H12ClFN2O5/c17-13-5-4-11(20(24)25)7-12(13)14(8-15(21)22)19-16(23)9-2-1-3-10(18)6-9/h1-7,14H,8H2,(H,19,23)(H,21,22)/t14-/m1/s1. The lowest BCUT2D eigenvalue weighted by Crippen LogP contribution is -2.30. The molecule has 2 rings (SSSR count). The summed E-state index contributed by atoms with van der Waals surface area (Å²) in [6.45, 7) is 0. The highest BCUT2D eigenvalue weighted by molar-refractivity contribution is 6.31. The summed E-state index contributed by atoms with van der Waals surface area (Å²) >= 11 is 6.01. The number of aliphatic carboxylic acids is 1. The van der Waals surface area contributed by atoms with Gasteiger partial charge in [-0.2, -0.15) is 0 Å². The Balaban J connectivity index is 2.36. The van der Waals surface area contributed by atoms with Gasteiger partial charge in [0, 0.05) is 28.3 Å². The minimum absolute atomic E-state index is 0.0167. The number of carbonyl (C=O) groups is 2. The molecular formula is C16H12ClFN2O5. The van der Waals surface area contributed by atoms with Crippen LogP contribution < -0.4 is 5.32 Å². The summed E-state index contributed by atoms with van der Waals surface area (Å²) in [4.78, 5) is 33.6. The number of benzene rings is 2. The van der Waals surface area contributed by atoms with E-state index in [1.807, 2.05) is 0 Å². The molecule has 0 bridgehead atoms. The maximum atomic E-state index is 13.2. The van der Waals surface area contributed by atoms with Crippen molar-refractivity contribution >= 4 is 29.2 Å². The number of nitro groups is 1. The SMILES string of the molecule is O=C(O)C[C@@H](NC(=O)c1cccc(F)c1)c1cc([N+](=O)[O-])ccc1Cl. The molecule has 0 aliphatic carbocycles. The molecule has 2 N–H and O–H groups in total. The van der Waals surface area contributed by atoms with Gasteiger partial charge in [-0.1, -0.05) is 17.7 Å². The van der Waals surface area contributed by atoms with Gasteiger partial charge in [-0.05, 0) is 24.3 Å². The van der Waals surface area contributed by atoms with E-state index in [0.717, 1.165) is 24.3 Å². The summed E-state index contributed by atoms with van der Waals surface area (Å²) in [5, 5.41) is 22.4. The zero-order valence-corrected chi connectivity index (χ0v) is 13.4. The van der Waals surface area contributed by atoms with E-state index in [1.165, 1.54) is 18.2 Å². The number of halogens is 2. The fourth-order valence-corrected chi connectivity index (χ4v) is 2.45. The summed E-state index contributed by atoms with van der Waals surface area (Å²) in [5.74, 6) is -2.60. The number of nitrogens with one attached hydrogen (secondary N) is 1. The maximum absolute atomic E-state index is 13.2. The molecule has 0 spiro atoms. The quantitative estimate of drug-likeness (QED) is 0.602. The molecule has 25 heavy (non-hydrogen) atoms. The van der Waals surface area contributed by atoms with Crippen LogP contribution in [-0.2, 0) is 4.79 Å². The molecule has 2 aromatic carbocycles. The smallest absolute Gasteiger partial charge is 0.305 e. The number of nitro benzene ring substituents is 1. The zero-order chi connectivity index (χ0) is 18.6. The first kappa shape index (κ1) is 18.3. The second-order valence-corrected chi connectivity index (χ2v) is 5.50. The van der Waals surface area contributed by atoms with Crippen LogP contribution in [0.4, 0.5) is 10.1 Å². The van der Waals surface area contributed by atoms with Gasteiger partial charge < -0.3 is 10.4 Å². The molecule has 0 heterocycles. The molecular weight excluding hydrogens is 355 g/mol. The Hall–Kier alpha value is -3.00. The third kappa shape index (κ3) is 4.74. The van der Waals surface area contributed by atoms with Crippen molar-refractivity contribution in [2.45, 2.75) is 12.5 Å². The Morgan fingerprint density at radius 3 is 2.60 bits per heavy atom. The summed E-state index contributed by atoms with van der Waals surface area (Å²) < 4.78 is 13.2. The molecule has 9 heteroatoms. The van der Waals surface area contributed by atoms with Crippen LogP contribution in [0.2, 0.25) is 5.02 Å². The number of nitrogens with zero attached hydrogens (tertiary/aromatic N) is 1. The average Bonchev–Trinajstić information content (AvgIpc) is 2.54. The molecule has 7 nitrogen and oxygen atoms in total. The minimum atomic E-state index is -1.24. The van der Waals surface area contributed by atoms with Gasteiger partial charge in [-0.3, -0.25) is 19.7 Å². The molecule has 0 fully saturated rings. The summed E-state index contributed by atoms with van der Waals surface area (Å²) in [6, 6.07) is 7.21. The number of amides is 1. The molecule has 0 unspecified atom stereocenters. The van der Waals surface area contributed by atoms with Crippen LogP contribution >= 0.6 is 11.6 Å². The van der Waals surface area contributed by atoms with Crippen LogP contribution in [0.3, 0.4) is 0 Å². The number of rotatable bonds is 6. The molecule has 0 saturated carbocycles. The first-order valence-corrected chi connectivity index (χ1v) is 7.38. The van der Waals surface area contributed by atoms with E-state index in [0.29, 0.717) is 0 Å². The van der Waals surface area contributed by atoms with Crippen LogP contribution in [0.15, 0.2) is 42.5 Å². The average molecular weight is 367 g/mol. The Morgan fingerprint density at radius 1 is 1.28 bits per heavy atom. The number of carboxylic acid groups (broad SMARTS) is 1. The normalized spacial score (nSPS) is 11.6. The zero-order valence-electron chi connectivity index (χ0n) is 12.6. The molecule has 1 amide bonds. The molecule has 0 aromatic heterocycles. The Morgan fingerprint density at radius 2 is 2.00 bits per heavy atom. The van der Waals surface area contributed by atoms with Crippen LogP contribution in [0.25, 0.3) is 0 Å². The molecule has 0 aliphatic heterocycles. The molecule has 2 aromatic rings. The molecule has 0 radical (unpaired) electrons. The second kappa shape index (κ2) is 7.71. The summed E-state index contributed by atoms with van der Waals surface area (Å²) in [7, 11) is 0. The summed E-state index contributed by atoms with van der Waals surface area (Å²) in [6.07, 6.45) is -0.554. The molecule has 130 valence electrons. The van der Waals surface area contributed by atoms with Crippen molar-refractivity contribution in [2.24, 2.45) is 0 Å². The first-order chi connectivity index (χ1) is 11.8. The summed E-state index contributed by atoms with van der Waals surface area (Å²) in [5.41, 5.74) is -0.227. The monoisotopic (exact) mass is 366 g/mol. The van der Waals surface area contributed by atoms with Gasteiger partial charge in [0.15, 0.2) is 0 Å². The molecule has 1 atom stereocenters. The van der Waals surface area contributed by atoms with Gasteiger partial charge in [0.1, 0.15) is 5.82 Å². The number of carboxylic acids is 1. The van der Waals surface area contributed by atoms with Crippen LogP contribution in [0.5, 0.6) is 0 Å². The van der Waals surface area contributed by atoms with Gasteiger partial charge in [0.05, 0.1) is 17.4 Å². The van der Waals surface area contributed by atoms with Crippen molar-refractivity contribution in [3.8, 4) is 0 Å². The van der Waals surface area contributed by atoms with Crippen LogP contribution in [0.1, 0.15) is 28.4 Å². The van der Waals surface area contributed by atoms with E-state index in [-0.39, 0.29) is 21.8 Å². The Kier molecular flexibility index (Phi) is 5.66. The van der Waals surface area contributed by atoms with Gasteiger partial charge in [0.2, 0.25) is 0 Å². The third-order valence-corrected chi connectivity index (χ3v) is 3.68. The van der Waals surface area contributed by atoms with E-state index in [2.05, 4.69) is 5.32 Å². The number of carbonyl (C=O) groups excluding carboxylic acids is 1. The van der Waals surface area contributed by atoms with Gasteiger partial charge in [-0.25, -0.2) is 4.39 Å². The van der Waals surface area contributed by atoms with Gasteiger partial charge in [-0.15, -0.1) is 0 Å². The van der Waals surface area contributed by atoms with Gasteiger partial charge >= 0.3 is 5.97 Å². The lowest BCUT2D eigenvalue weighted by atomic mass is 10.0. The number of non-ortho nitro benzene ring substituents is 1. The van der Waals surface area contributed by atoms with E-state index < -0.39 is 35.1 Å². The van der Waals surface area contributed by atoms with Crippen LogP contribution in [-0.4, -0.2) is 21.9 Å². The van der Waals surface area contributed by atoms with Crippen molar-refractivity contribution < 1.29 is 24.0 Å². The molecule has 0 saturated heterocycles. The lowest BCUT2D eigenvalue weighted by Gasteiger charge is -2.18. The highest BCUT2D eigenvalue weighted by Crippen LogP contribution is 2.29. The second-order valence-electron chi connectivity index (χ2n) is 5.10. The number of hydrogen-bond acceptors (Lipinski definition) is 4. The van der Waals surface area contributed by atoms with E-state index in [1.54, 1.807) is 0 Å². The van der Waals surface area contributed by atoms with E-state index >= 15 is 0 Å². The largest absolute Gasteiger partial charge is 0.481 e. The van der Waals surface area contributed by atoms with Gasteiger partial charge in [0.25, 0.3) is 11.6 Å². The fourth-order valence-electron chi connectivity index (χ4n) is 2.20. The predicted octanol–water partition coefficient (Wildman–Crippen LogP) is 3.33. The third-order valence-electron chi connectivity index (χ3n) is 3.34. The first-order valence-electron chi connectivity index (χ1n) is 7.00. The van der Waals surface area contributed by atoms with Crippen LogP contribution in [0, 0.1) is 15.9 Å². The van der Waals surface area contributed by atoms with E-state index in [9.17, 15) is 24.1 Å². The highest BCUT2D eigenvalue weighted by atomic mass is 35.5. The van der Waals surface area contributed by atoms with Crippen molar-refractivity contribution in [1.82, 2.24) is 5.32 Å². The highest BCUT2D eigenvalue weighted by Gasteiger charge is 2.23. The lowest BCUT2D eigenvalue weighted by molar-refractivity contribution is -0.384. The van der Waals surface area contributed by atoms with Crippen molar-refractivity contribution in [3.05, 3.63) is 74.5 Å². The number of hydrogen-bond donors (Lipinski definition) is 2. The van der Waals surface area contributed by atoms with Crippen molar-refractivity contribution in [3.63, 3.8) is 0 Å². The molecule has 0 aliphatic rings. The predicted molar refractivity (Wildman–Crippen MR) is 87.0 cm³/mol. The minimum Gasteiger partial charge on any atom is -0.481 e.